The summed E-state index contributed by atoms with van der Waals surface area (Å²) in [4.78, 5) is 29.8. The average molecular weight is 364 g/mol. The fourth-order valence-electron chi connectivity index (χ4n) is 4.27. The minimum atomic E-state index is -0.260. The van der Waals surface area contributed by atoms with E-state index in [1.807, 2.05) is 24.3 Å². The van der Waals surface area contributed by atoms with Crippen molar-refractivity contribution in [2.75, 3.05) is 13.7 Å². The Bertz CT molecular complexity index is 836. The van der Waals surface area contributed by atoms with Gasteiger partial charge < -0.3 is 4.74 Å². The summed E-state index contributed by atoms with van der Waals surface area (Å²) in [7, 11) is 1.54. The van der Waals surface area contributed by atoms with Crippen molar-refractivity contribution < 1.29 is 14.3 Å². The first-order valence-corrected chi connectivity index (χ1v) is 9.44. The summed E-state index contributed by atoms with van der Waals surface area (Å²) in [6.07, 6.45) is 2.42. The summed E-state index contributed by atoms with van der Waals surface area (Å²) >= 11 is 0. The van der Waals surface area contributed by atoms with Gasteiger partial charge in [0, 0.05) is 31.6 Å². The number of nitrogens with zero attached hydrogens (tertiary/aromatic N) is 2. The predicted octanol–water partition coefficient (Wildman–Crippen LogP) is 3.10. The van der Waals surface area contributed by atoms with Crippen LogP contribution in [-0.4, -0.2) is 47.4 Å². The van der Waals surface area contributed by atoms with Crippen molar-refractivity contribution in [2.24, 2.45) is 0 Å². The van der Waals surface area contributed by atoms with Crippen LogP contribution in [0.2, 0.25) is 0 Å². The minimum Gasteiger partial charge on any atom is -0.496 e. The van der Waals surface area contributed by atoms with Crippen molar-refractivity contribution in [1.82, 2.24) is 9.80 Å². The molecule has 2 heterocycles. The first-order chi connectivity index (χ1) is 13.2. The Morgan fingerprint density at radius 2 is 1.74 bits per heavy atom. The standard InChI is InChI=1S/C22H24N2O3/c1-27-20-10-6-5-9-19(20)22(26)24-15-18-12-11-17(13-21(24)25)23(18)14-16-7-3-2-4-8-16/h2-10,17-18H,11-15H2,1H3/t17-,18-/m0/s1. The second-order valence-electron chi connectivity index (χ2n) is 7.26. The number of para-hydroxylation sites is 1. The lowest BCUT2D eigenvalue weighted by molar-refractivity contribution is -0.128. The van der Waals surface area contributed by atoms with Gasteiger partial charge in [-0.25, -0.2) is 0 Å². The molecule has 2 aliphatic heterocycles. The normalized spacial score (nSPS) is 22.6. The van der Waals surface area contributed by atoms with Gasteiger partial charge in [-0.05, 0) is 30.5 Å². The van der Waals surface area contributed by atoms with Crippen LogP contribution in [0, 0.1) is 0 Å². The Labute approximate surface area is 159 Å². The summed E-state index contributed by atoms with van der Waals surface area (Å²) < 4.78 is 5.32. The van der Waals surface area contributed by atoms with Gasteiger partial charge in [-0.2, -0.15) is 0 Å². The van der Waals surface area contributed by atoms with Crippen molar-refractivity contribution in [3.63, 3.8) is 0 Å². The van der Waals surface area contributed by atoms with E-state index in [1.54, 1.807) is 25.3 Å². The van der Waals surface area contributed by atoms with Crippen LogP contribution in [0.5, 0.6) is 5.75 Å². The molecule has 0 unspecified atom stereocenters. The van der Waals surface area contributed by atoms with Gasteiger partial charge in [0.2, 0.25) is 5.91 Å². The van der Waals surface area contributed by atoms with E-state index in [0.29, 0.717) is 24.3 Å². The Balaban J connectivity index is 1.57. The molecule has 2 aromatic rings. The molecule has 140 valence electrons. The van der Waals surface area contributed by atoms with Gasteiger partial charge in [-0.3, -0.25) is 19.4 Å². The van der Waals surface area contributed by atoms with Gasteiger partial charge in [0.15, 0.2) is 0 Å². The molecule has 2 atom stereocenters. The highest BCUT2D eigenvalue weighted by molar-refractivity contribution is 6.06. The first-order valence-electron chi connectivity index (χ1n) is 9.44. The molecular weight excluding hydrogens is 340 g/mol. The maximum Gasteiger partial charge on any atom is 0.264 e. The van der Waals surface area contributed by atoms with E-state index < -0.39 is 0 Å². The molecule has 2 saturated heterocycles. The van der Waals surface area contributed by atoms with Gasteiger partial charge in [0.05, 0.1) is 12.7 Å². The van der Waals surface area contributed by atoms with E-state index in [1.165, 1.54) is 10.5 Å². The predicted molar refractivity (Wildman–Crippen MR) is 102 cm³/mol. The van der Waals surface area contributed by atoms with E-state index in [0.717, 1.165) is 19.4 Å². The highest BCUT2D eigenvalue weighted by atomic mass is 16.5. The van der Waals surface area contributed by atoms with E-state index >= 15 is 0 Å². The summed E-state index contributed by atoms with van der Waals surface area (Å²) in [6.45, 7) is 1.26. The van der Waals surface area contributed by atoms with Gasteiger partial charge in [0.1, 0.15) is 5.75 Å². The summed E-state index contributed by atoms with van der Waals surface area (Å²) in [6, 6.07) is 17.8. The number of hydrogen-bond donors (Lipinski definition) is 0. The monoisotopic (exact) mass is 364 g/mol. The van der Waals surface area contributed by atoms with E-state index in [2.05, 4.69) is 17.0 Å². The number of fused-ring (bicyclic) bond motifs is 2. The third-order valence-electron chi connectivity index (χ3n) is 5.67. The summed E-state index contributed by atoms with van der Waals surface area (Å²) in [5.41, 5.74) is 1.69. The number of amides is 2. The maximum absolute atomic E-state index is 13.1. The number of rotatable bonds is 4. The number of ether oxygens (including phenoxy) is 1. The van der Waals surface area contributed by atoms with Crippen LogP contribution < -0.4 is 4.74 Å². The third-order valence-corrected chi connectivity index (χ3v) is 5.67. The average Bonchev–Trinajstić information content (AvgIpc) is 3.00. The Kier molecular flexibility index (Phi) is 4.94. The van der Waals surface area contributed by atoms with Crippen LogP contribution in [-0.2, 0) is 11.3 Å². The highest BCUT2D eigenvalue weighted by Gasteiger charge is 2.42. The number of benzene rings is 2. The van der Waals surface area contributed by atoms with Crippen LogP contribution in [0.4, 0.5) is 0 Å². The van der Waals surface area contributed by atoms with Crippen LogP contribution in [0.1, 0.15) is 35.2 Å². The lowest BCUT2D eigenvalue weighted by Crippen LogP contribution is -2.42. The van der Waals surface area contributed by atoms with Gasteiger partial charge >= 0.3 is 0 Å². The molecule has 0 saturated carbocycles. The lowest BCUT2D eigenvalue weighted by atomic mass is 10.1. The fourth-order valence-corrected chi connectivity index (χ4v) is 4.27. The van der Waals surface area contributed by atoms with E-state index in [9.17, 15) is 9.59 Å². The van der Waals surface area contributed by atoms with Crippen LogP contribution in [0.15, 0.2) is 54.6 Å². The van der Waals surface area contributed by atoms with Crippen LogP contribution in [0.25, 0.3) is 0 Å². The molecule has 2 amide bonds. The number of likely N-dealkylation sites (tertiary alicyclic amines) is 1. The SMILES string of the molecule is COc1ccccc1C(=O)N1C[C@@H]2CC[C@@H](CC1=O)N2Cc1ccccc1. The summed E-state index contributed by atoms with van der Waals surface area (Å²) in [5, 5.41) is 0. The van der Waals surface area contributed by atoms with Crippen molar-refractivity contribution in [3.05, 3.63) is 65.7 Å². The van der Waals surface area contributed by atoms with E-state index in [4.69, 9.17) is 4.74 Å². The van der Waals surface area contributed by atoms with Gasteiger partial charge in [0.25, 0.3) is 5.91 Å². The Morgan fingerprint density at radius 1 is 1.04 bits per heavy atom. The number of carbonyl (C=O) groups excluding carboxylic acids is 2. The fraction of sp³-hybridized carbons (Fsp3) is 0.364. The molecule has 5 nitrogen and oxygen atoms in total. The number of carbonyl (C=O) groups is 2. The second-order valence-corrected chi connectivity index (χ2v) is 7.26. The molecule has 0 N–H and O–H groups in total. The molecular formula is C22H24N2O3. The Morgan fingerprint density at radius 3 is 2.52 bits per heavy atom. The number of imide groups is 1. The zero-order valence-corrected chi connectivity index (χ0v) is 15.5. The molecule has 2 aliphatic rings. The molecule has 0 spiro atoms. The van der Waals surface area contributed by atoms with Gasteiger partial charge in [-0.15, -0.1) is 0 Å². The van der Waals surface area contributed by atoms with Crippen molar-refractivity contribution in [3.8, 4) is 5.75 Å². The largest absolute Gasteiger partial charge is 0.496 e. The molecule has 2 bridgehead atoms. The molecule has 5 heteroatoms. The molecule has 4 rings (SSSR count). The van der Waals surface area contributed by atoms with Crippen molar-refractivity contribution in [1.29, 1.82) is 0 Å². The maximum atomic E-state index is 13.1. The number of methoxy groups -OCH3 is 1. The molecule has 27 heavy (non-hydrogen) atoms. The van der Waals surface area contributed by atoms with E-state index in [-0.39, 0.29) is 23.9 Å². The van der Waals surface area contributed by atoms with Crippen molar-refractivity contribution >= 4 is 11.8 Å². The third kappa shape index (κ3) is 3.47. The number of hydrogen-bond acceptors (Lipinski definition) is 4. The zero-order valence-electron chi connectivity index (χ0n) is 15.5. The lowest BCUT2D eigenvalue weighted by Gasteiger charge is -2.28. The van der Waals surface area contributed by atoms with Crippen molar-refractivity contribution in [2.45, 2.75) is 37.9 Å². The molecule has 2 fully saturated rings. The van der Waals surface area contributed by atoms with Crippen LogP contribution in [0.3, 0.4) is 0 Å². The molecule has 0 aliphatic carbocycles. The summed E-state index contributed by atoms with van der Waals surface area (Å²) in [5.74, 6) is 0.159. The molecule has 0 aromatic heterocycles. The smallest absolute Gasteiger partial charge is 0.264 e. The molecule has 0 radical (unpaired) electrons. The zero-order chi connectivity index (χ0) is 18.8. The highest BCUT2D eigenvalue weighted by Crippen LogP contribution is 2.33. The quantitative estimate of drug-likeness (QED) is 0.783. The Hall–Kier alpha value is -2.66. The first kappa shape index (κ1) is 17.7. The molecule has 2 aromatic carbocycles. The minimum absolute atomic E-state index is 0.0869. The second kappa shape index (κ2) is 7.53. The topological polar surface area (TPSA) is 49.9 Å². The van der Waals surface area contributed by atoms with Crippen LogP contribution >= 0.6 is 0 Å². The van der Waals surface area contributed by atoms with Gasteiger partial charge in [-0.1, -0.05) is 42.5 Å².